The third-order valence-corrected chi connectivity index (χ3v) is 6.53. The number of carbonyl (C=O) groups excluding carboxylic acids is 1. The summed E-state index contributed by atoms with van der Waals surface area (Å²) in [7, 11) is 0. The summed E-state index contributed by atoms with van der Waals surface area (Å²) in [6.07, 6.45) is 5.66. The fraction of sp³-hybridized carbons (Fsp3) is 0.278. The van der Waals surface area contributed by atoms with Crippen LogP contribution in [0.15, 0.2) is 42.2 Å². The first-order chi connectivity index (χ1) is 12.8. The summed E-state index contributed by atoms with van der Waals surface area (Å²) in [5.74, 6) is 0.126. The summed E-state index contributed by atoms with van der Waals surface area (Å²) < 4.78 is 2.06. The fourth-order valence-corrected chi connectivity index (χ4v) is 5.13. The minimum Gasteiger partial charge on any atom is -0.335 e. The molecule has 0 unspecified atom stereocenters. The summed E-state index contributed by atoms with van der Waals surface area (Å²) >= 11 is 3.11. The van der Waals surface area contributed by atoms with E-state index in [0.29, 0.717) is 0 Å². The van der Waals surface area contributed by atoms with Gasteiger partial charge >= 0.3 is 0 Å². The molecule has 1 amide bonds. The predicted molar refractivity (Wildman–Crippen MR) is 104 cm³/mol. The van der Waals surface area contributed by atoms with E-state index in [4.69, 9.17) is 0 Å². The van der Waals surface area contributed by atoms with Gasteiger partial charge in [-0.2, -0.15) is 0 Å². The Hall–Kier alpha value is -2.29. The summed E-state index contributed by atoms with van der Waals surface area (Å²) in [4.78, 5) is 28.6. The first kappa shape index (κ1) is 15.9. The number of imidazole rings is 1. The van der Waals surface area contributed by atoms with Gasteiger partial charge in [-0.15, -0.1) is 22.7 Å². The van der Waals surface area contributed by atoms with Gasteiger partial charge in [0.25, 0.3) is 5.91 Å². The number of thiazole rings is 1. The van der Waals surface area contributed by atoms with Crippen LogP contribution in [0.1, 0.15) is 15.2 Å². The maximum atomic E-state index is 12.9. The van der Waals surface area contributed by atoms with Gasteiger partial charge < -0.3 is 4.90 Å². The Labute approximate surface area is 158 Å². The van der Waals surface area contributed by atoms with Crippen LogP contribution in [0.4, 0.5) is 0 Å². The minimum atomic E-state index is 0.126. The number of nitrogens with zero attached hydrogens (tertiary/aromatic N) is 5. The Morgan fingerprint density at radius 1 is 1.15 bits per heavy atom. The van der Waals surface area contributed by atoms with Crippen molar-refractivity contribution in [1.82, 2.24) is 24.2 Å². The predicted octanol–water partition coefficient (Wildman–Crippen LogP) is 2.96. The number of amides is 1. The van der Waals surface area contributed by atoms with Crippen molar-refractivity contribution in [2.75, 3.05) is 26.2 Å². The van der Waals surface area contributed by atoms with E-state index in [9.17, 15) is 4.79 Å². The normalized spacial score (nSPS) is 15.9. The zero-order chi connectivity index (χ0) is 17.5. The molecule has 0 N–H and O–H groups in total. The van der Waals surface area contributed by atoms with Gasteiger partial charge in [0, 0.05) is 56.7 Å². The molecule has 26 heavy (non-hydrogen) atoms. The van der Waals surface area contributed by atoms with Gasteiger partial charge in [-0.25, -0.2) is 4.98 Å². The average Bonchev–Trinajstić information content (AvgIpc) is 3.35. The van der Waals surface area contributed by atoms with Crippen LogP contribution in [0.25, 0.3) is 15.3 Å². The van der Waals surface area contributed by atoms with Crippen molar-refractivity contribution in [2.45, 2.75) is 6.54 Å². The number of piperazine rings is 1. The van der Waals surface area contributed by atoms with E-state index in [0.717, 1.165) is 52.9 Å². The molecule has 1 aliphatic rings. The van der Waals surface area contributed by atoms with Crippen LogP contribution < -0.4 is 0 Å². The Morgan fingerprint density at radius 2 is 1.96 bits per heavy atom. The number of carbonyl (C=O) groups is 1. The van der Waals surface area contributed by atoms with Crippen molar-refractivity contribution in [2.24, 2.45) is 0 Å². The molecule has 5 heterocycles. The number of thiophene rings is 1. The molecule has 1 fully saturated rings. The van der Waals surface area contributed by atoms with Crippen molar-refractivity contribution >= 4 is 43.9 Å². The molecule has 1 saturated heterocycles. The minimum absolute atomic E-state index is 0.126. The Bertz CT molecular complexity index is 1060. The number of aromatic nitrogens is 3. The molecule has 0 aromatic carbocycles. The largest absolute Gasteiger partial charge is 0.335 e. The third-order valence-electron chi connectivity index (χ3n) is 4.77. The molecule has 0 bridgehead atoms. The van der Waals surface area contributed by atoms with Gasteiger partial charge in [-0.05, 0) is 23.8 Å². The zero-order valence-electron chi connectivity index (χ0n) is 14.0. The highest BCUT2D eigenvalue weighted by Crippen LogP contribution is 2.29. The number of hydrogen-bond donors (Lipinski definition) is 0. The third kappa shape index (κ3) is 2.80. The van der Waals surface area contributed by atoms with Gasteiger partial charge in [0.05, 0.1) is 10.4 Å². The number of hydrogen-bond acceptors (Lipinski definition) is 6. The van der Waals surface area contributed by atoms with E-state index >= 15 is 0 Å². The summed E-state index contributed by atoms with van der Waals surface area (Å²) in [6, 6.07) is 6.08. The molecule has 0 saturated carbocycles. The van der Waals surface area contributed by atoms with E-state index in [1.165, 1.54) is 16.9 Å². The van der Waals surface area contributed by atoms with Crippen molar-refractivity contribution in [3.63, 3.8) is 0 Å². The van der Waals surface area contributed by atoms with Crippen molar-refractivity contribution in [3.05, 3.63) is 52.6 Å². The van der Waals surface area contributed by atoms with Crippen molar-refractivity contribution in [3.8, 4) is 0 Å². The van der Waals surface area contributed by atoms with E-state index in [1.54, 1.807) is 11.3 Å². The average molecular weight is 384 g/mol. The standard InChI is InChI=1S/C18H17N5OS2/c24-17(15-11-14-16(26-15)20-18-23(14)9-10-25-18)22-7-5-21(6-8-22)12-13-1-3-19-4-2-13/h1-4,9-11H,5-8,12H2. The van der Waals surface area contributed by atoms with Crippen LogP contribution in [-0.4, -0.2) is 56.3 Å². The molecule has 132 valence electrons. The lowest BCUT2D eigenvalue weighted by molar-refractivity contribution is 0.0633. The number of rotatable bonds is 3. The lowest BCUT2D eigenvalue weighted by Gasteiger charge is -2.34. The second kappa shape index (κ2) is 6.46. The highest BCUT2D eigenvalue weighted by Gasteiger charge is 2.24. The molecule has 6 nitrogen and oxygen atoms in total. The zero-order valence-corrected chi connectivity index (χ0v) is 15.7. The highest BCUT2D eigenvalue weighted by atomic mass is 32.1. The second-order valence-corrected chi connectivity index (χ2v) is 8.30. The van der Waals surface area contributed by atoms with Gasteiger partial charge in [0.2, 0.25) is 0 Å². The Kier molecular flexibility index (Phi) is 3.96. The molecule has 1 aliphatic heterocycles. The molecule has 8 heteroatoms. The molecule has 0 spiro atoms. The van der Waals surface area contributed by atoms with E-state index in [2.05, 4.69) is 19.3 Å². The molecule has 0 radical (unpaired) electrons. The highest BCUT2D eigenvalue weighted by molar-refractivity contribution is 7.21. The maximum absolute atomic E-state index is 12.9. The molecule has 0 aliphatic carbocycles. The van der Waals surface area contributed by atoms with Crippen LogP contribution in [-0.2, 0) is 6.54 Å². The van der Waals surface area contributed by atoms with E-state index in [-0.39, 0.29) is 5.91 Å². The second-order valence-electron chi connectivity index (χ2n) is 6.39. The lowest BCUT2D eigenvalue weighted by atomic mass is 10.2. The van der Waals surface area contributed by atoms with Gasteiger partial charge in [0.1, 0.15) is 4.83 Å². The number of fused-ring (bicyclic) bond motifs is 3. The van der Waals surface area contributed by atoms with Crippen LogP contribution in [0.2, 0.25) is 0 Å². The summed E-state index contributed by atoms with van der Waals surface area (Å²) in [6.45, 7) is 4.23. The van der Waals surface area contributed by atoms with Crippen LogP contribution in [0.3, 0.4) is 0 Å². The van der Waals surface area contributed by atoms with Gasteiger partial charge in [-0.3, -0.25) is 19.1 Å². The molecule has 0 atom stereocenters. The Balaban J connectivity index is 1.27. The van der Waals surface area contributed by atoms with Crippen LogP contribution in [0, 0.1) is 0 Å². The smallest absolute Gasteiger partial charge is 0.264 e. The van der Waals surface area contributed by atoms with Gasteiger partial charge in [-0.1, -0.05) is 0 Å². The fourth-order valence-electron chi connectivity index (χ4n) is 3.36. The molecular formula is C18H17N5OS2. The van der Waals surface area contributed by atoms with Crippen molar-refractivity contribution in [1.29, 1.82) is 0 Å². The first-order valence-corrected chi connectivity index (χ1v) is 10.2. The lowest BCUT2D eigenvalue weighted by Crippen LogP contribution is -2.48. The van der Waals surface area contributed by atoms with Gasteiger partial charge in [0.15, 0.2) is 4.96 Å². The van der Waals surface area contributed by atoms with Crippen LogP contribution >= 0.6 is 22.7 Å². The summed E-state index contributed by atoms with van der Waals surface area (Å²) in [5.41, 5.74) is 2.30. The van der Waals surface area contributed by atoms with E-state index in [1.807, 2.05) is 47.1 Å². The van der Waals surface area contributed by atoms with Crippen molar-refractivity contribution < 1.29 is 4.79 Å². The molecule has 4 aromatic rings. The molecule has 4 aromatic heterocycles. The molecular weight excluding hydrogens is 366 g/mol. The van der Waals surface area contributed by atoms with E-state index < -0.39 is 0 Å². The number of pyridine rings is 1. The van der Waals surface area contributed by atoms with Crippen LogP contribution in [0.5, 0.6) is 0 Å². The quantitative estimate of drug-likeness (QED) is 0.546. The SMILES string of the molecule is O=C(c1cc2c(nc3sccn32)s1)N1CCN(Cc2ccncc2)CC1. The topological polar surface area (TPSA) is 53.7 Å². The maximum Gasteiger partial charge on any atom is 0.264 e. The monoisotopic (exact) mass is 383 g/mol. The Morgan fingerprint density at radius 3 is 2.77 bits per heavy atom. The first-order valence-electron chi connectivity index (χ1n) is 8.53. The summed E-state index contributed by atoms with van der Waals surface area (Å²) in [5, 5.41) is 2.02. The molecule has 5 rings (SSSR count).